The van der Waals surface area contributed by atoms with Crippen LogP contribution in [0.15, 0.2) is 0 Å². The van der Waals surface area contributed by atoms with E-state index in [0.717, 1.165) is 25.8 Å². The van der Waals surface area contributed by atoms with Crippen molar-refractivity contribution in [2.24, 2.45) is 5.41 Å². The summed E-state index contributed by atoms with van der Waals surface area (Å²) < 4.78 is 5.24. The Morgan fingerprint density at radius 3 is 2.50 bits per heavy atom. The summed E-state index contributed by atoms with van der Waals surface area (Å²) in [6.07, 6.45) is 2.69. The van der Waals surface area contributed by atoms with E-state index >= 15 is 0 Å². The summed E-state index contributed by atoms with van der Waals surface area (Å²) in [7, 11) is 0. The number of nitrogens with zero attached hydrogens (tertiary/aromatic N) is 1. The number of hydroxylamine groups is 2. The minimum atomic E-state index is -0.365. The van der Waals surface area contributed by atoms with Gasteiger partial charge in [0.1, 0.15) is 0 Å². The lowest BCUT2D eigenvalue weighted by Crippen LogP contribution is -2.38. The molecule has 1 saturated heterocycles. The molecule has 1 heterocycles. The van der Waals surface area contributed by atoms with Crippen LogP contribution in [-0.2, 0) is 14.4 Å². The van der Waals surface area contributed by atoms with Crippen molar-refractivity contribution in [3.8, 4) is 0 Å². The highest BCUT2D eigenvalue weighted by atomic mass is 16.7. The molecule has 1 atom stereocenters. The summed E-state index contributed by atoms with van der Waals surface area (Å²) in [6.45, 7) is 11.9. The van der Waals surface area contributed by atoms with E-state index < -0.39 is 0 Å². The number of hydrogen-bond acceptors (Lipinski definition) is 4. The first kappa shape index (κ1) is 15.4. The second-order valence-electron chi connectivity index (χ2n) is 6.07. The van der Waals surface area contributed by atoms with Gasteiger partial charge in [-0.3, -0.25) is 9.63 Å². The molecule has 0 bridgehead atoms. The highest BCUT2D eigenvalue weighted by molar-refractivity contribution is 5.77. The van der Waals surface area contributed by atoms with Crippen LogP contribution in [0.4, 0.5) is 0 Å². The molecule has 1 fully saturated rings. The SMILES string of the molecule is CCCC1(C(=O)OCC)CCN(OC(C)(C)C)C1. The molecule has 0 aromatic heterocycles. The van der Waals surface area contributed by atoms with Gasteiger partial charge in [-0.2, -0.15) is 5.06 Å². The van der Waals surface area contributed by atoms with E-state index in [1.807, 2.05) is 32.8 Å². The third-order valence-electron chi connectivity index (χ3n) is 3.16. The maximum atomic E-state index is 12.2. The second kappa shape index (κ2) is 6.02. The molecule has 1 rings (SSSR count). The lowest BCUT2D eigenvalue weighted by molar-refractivity contribution is -0.222. The Morgan fingerprint density at radius 2 is 2.00 bits per heavy atom. The van der Waals surface area contributed by atoms with Crippen molar-refractivity contribution in [3.05, 3.63) is 0 Å². The first-order valence-corrected chi connectivity index (χ1v) is 6.94. The average Bonchev–Trinajstić information content (AvgIpc) is 2.61. The van der Waals surface area contributed by atoms with Gasteiger partial charge in [0.2, 0.25) is 0 Å². The van der Waals surface area contributed by atoms with E-state index in [1.165, 1.54) is 0 Å². The smallest absolute Gasteiger partial charge is 0.313 e. The fourth-order valence-electron chi connectivity index (χ4n) is 2.54. The number of carbonyl (C=O) groups excluding carboxylic acids is 1. The van der Waals surface area contributed by atoms with Crippen molar-refractivity contribution in [2.75, 3.05) is 19.7 Å². The summed E-state index contributed by atoms with van der Waals surface area (Å²) in [5.41, 5.74) is -0.576. The molecule has 1 aliphatic heterocycles. The van der Waals surface area contributed by atoms with Crippen LogP contribution >= 0.6 is 0 Å². The summed E-state index contributed by atoms with van der Waals surface area (Å²) in [4.78, 5) is 18.0. The summed E-state index contributed by atoms with van der Waals surface area (Å²) in [5, 5.41) is 1.92. The Hall–Kier alpha value is -0.610. The lowest BCUT2D eigenvalue weighted by atomic mass is 9.82. The van der Waals surface area contributed by atoms with Gasteiger partial charge in [0.25, 0.3) is 0 Å². The zero-order valence-electron chi connectivity index (χ0n) is 12.4. The number of carbonyl (C=O) groups is 1. The zero-order chi connectivity index (χ0) is 13.8. The predicted octanol–water partition coefficient (Wildman–Crippen LogP) is 2.77. The summed E-state index contributed by atoms with van der Waals surface area (Å²) in [5.74, 6) is -0.0631. The molecule has 0 aromatic rings. The normalized spacial score (nSPS) is 25.4. The third-order valence-corrected chi connectivity index (χ3v) is 3.16. The minimum Gasteiger partial charge on any atom is -0.466 e. The first-order chi connectivity index (χ1) is 8.33. The number of ether oxygens (including phenoxy) is 1. The monoisotopic (exact) mass is 257 g/mol. The molecular formula is C14H27NO3. The van der Waals surface area contributed by atoms with Crippen molar-refractivity contribution in [1.82, 2.24) is 5.06 Å². The molecular weight excluding hydrogens is 230 g/mol. The van der Waals surface area contributed by atoms with E-state index in [2.05, 4.69) is 6.92 Å². The molecule has 4 nitrogen and oxygen atoms in total. The zero-order valence-corrected chi connectivity index (χ0v) is 12.4. The van der Waals surface area contributed by atoms with Crippen molar-refractivity contribution in [1.29, 1.82) is 0 Å². The molecule has 18 heavy (non-hydrogen) atoms. The molecule has 106 valence electrons. The Bertz CT molecular complexity index is 285. The van der Waals surface area contributed by atoms with Gasteiger partial charge in [0, 0.05) is 13.1 Å². The van der Waals surface area contributed by atoms with Crippen LogP contribution in [0.2, 0.25) is 0 Å². The quantitative estimate of drug-likeness (QED) is 0.710. The van der Waals surface area contributed by atoms with Gasteiger partial charge in [-0.05, 0) is 40.5 Å². The summed E-state index contributed by atoms with van der Waals surface area (Å²) >= 11 is 0. The number of hydrogen-bond donors (Lipinski definition) is 0. The number of rotatable bonds is 5. The van der Waals surface area contributed by atoms with E-state index in [-0.39, 0.29) is 17.0 Å². The van der Waals surface area contributed by atoms with Crippen LogP contribution < -0.4 is 0 Å². The number of esters is 1. The standard InChI is InChI=1S/C14H27NO3/c1-6-8-14(12(16)17-7-2)9-10-15(11-14)18-13(3,4)5/h6-11H2,1-5H3. The maximum absolute atomic E-state index is 12.2. The van der Waals surface area contributed by atoms with Crippen molar-refractivity contribution in [2.45, 2.75) is 59.5 Å². The molecule has 0 radical (unpaired) electrons. The first-order valence-electron chi connectivity index (χ1n) is 6.94. The molecule has 0 aromatic carbocycles. The van der Waals surface area contributed by atoms with Gasteiger partial charge in [0.05, 0.1) is 17.6 Å². The Kier molecular flexibility index (Phi) is 5.17. The second-order valence-corrected chi connectivity index (χ2v) is 6.07. The van der Waals surface area contributed by atoms with Gasteiger partial charge in [0.15, 0.2) is 0 Å². The minimum absolute atomic E-state index is 0.0631. The molecule has 0 aliphatic carbocycles. The highest BCUT2D eigenvalue weighted by Gasteiger charge is 2.46. The molecule has 1 unspecified atom stereocenters. The van der Waals surface area contributed by atoms with Crippen LogP contribution in [0, 0.1) is 5.41 Å². The van der Waals surface area contributed by atoms with Crippen LogP contribution in [0.3, 0.4) is 0 Å². The third kappa shape index (κ3) is 3.95. The molecule has 0 N–H and O–H groups in total. The van der Waals surface area contributed by atoms with E-state index in [9.17, 15) is 4.79 Å². The topological polar surface area (TPSA) is 38.8 Å². The van der Waals surface area contributed by atoms with Crippen LogP contribution in [-0.4, -0.2) is 36.3 Å². The molecule has 4 heteroatoms. The Morgan fingerprint density at radius 1 is 1.33 bits per heavy atom. The van der Waals surface area contributed by atoms with E-state index in [4.69, 9.17) is 9.57 Å². The van der Waals surface area contributed by atoms with Gasteiger partial charge < -0.3 is 4.74 Å². The fraction of sp³-hybridized carbons (Fsp3) is 0.929. The Labute approximate surface area is 111 Å². The maximum Gasteiger partial charge on any atom is 0.313 e. The summed E-state index contributed by atoms with van der Waals surface area (Å²) in [6, 6.07) is 0. The highest BCUT2D eigenvalue weighted by Crippen LogP contribution is 2.37. The van der Waals surface area contributed by atoms with Gasteiger partial charge in [-0.15, -0.1) is 0 Å². The van der Waals surface area contributed by atoms with Crippen LogP contribution in [0.25, 0.3) is 0 Å². The largest absolute Gasteiger partial charge is 0.466 e. The van der Waals surface area contributed by atoms with Crippen molar-refractivity contribution in [3.63, 3.8) is 0 Å². The van der Waals surface area contributed by atoms with Gasteiger partial charge in [-0.25, -0.2) is 0 Å². The fourth-order valence-corrected chi connectivity index (χ4v) is 2.54. The lowest BCUT2D eigenvalue weighted by Gasteiger charge is -2.29. The predicted molar refractivity (Wildman–Crippen MR) is 71.0 cm³/mol. The van der Waals surface area contributed by atoms with Crippen LogP contribution in [0.1, 0.15) is 53.9 Å². The molecule has 1 aliphatic rings. The molecule has 0 saturated carbocycles. The average molecular weight is 257 g/mol. The molecule has 0 amide bonds. The van der Waals surface area contributed by atoms with E-state index in [0.29, 0.717) is 13.2 Å². The van der Waals surface area contributed by atoms with Gasteiger partial charge >= 0.3 is 5.97 Å². The van der Waals surface area contributed by atoms with Crippen LogP contribution in [0.5, 0.6) is 0 Å². The molecule has 0 spiro atoms. The van der Waals surface area contributed by atoms with E-state index in [1.54, 1.807) is 0 Å². The van der Waals surface area contributed by atoms with Crippen molar-refractivity contribution >= 4 is 5.97 Å². The van der Waals surface area contributed by atoms with Crippen molar-refractivity contribution < 1.29 is 14.4 Å². The van der Waals surface area contributed by atoms with Gasteiger partial charge in [-0.1, -0.05) is 13.3 Å². The Balaban J connectivity index is 2.69.